The molecule has 1 aliphatic heterocycles. The second-order valence-corrected chi connectivity index (χ2v) is 5.47. The van der Waals surface area contributed by atoms with Crippen LogP contribution in [0.1, 0.15) is 18.5 Å². The molecule has 4 heteroatoms. The molecule has 0 saturated carbocycles. The summed E-state index contributed by atoms with van der Waals surface area (Å²) in [6, 6.07) is 13.9. The van der Waals surface area contributed by atoms with E-state index in [2.05, 4.69) is 5.32 Å². The second-order valence-electron chi connectivity index (χ2n) is 5.47. The van der Waals surface area contributed by atoms with Gasteiger partial charge in [0.2, 0.25) is 0 Å². The van der Waals surface area contributed by atoms with E-state index < -0.39 is 5.82 Å². The predicted octanol–water partition coefficient (Wildman–Crippen LogP) is 3.50. The lowest BCUT2D eigenvalue weighted by Gasteiger charge is -2.40. The topological polar surface area (TPSA) is 15.3 Å². The molecule has 0 bridgehead atoms. The smallest absolute Gasteiger partial charge is 0.146 e. The minimum atomic E-state index is -0.409. The van der Waals surface area contributed by atoms with E-state index in [0.717, 1.165) is 18.2 Å². The van der Waals surface area contributed by atoms with Crippen molar-refractivity contribution in [2.75, 3.05) is 18.0 Å². The van der Waals surface area contributed by atoms with Crippen molar-refractivity contribution in [2.45, 2.75) is 19.0 Å². The standard InChI is InChI=1S/C17H18F2N2/c1-12-10-20-16(13-5-3-2-4-6-13)11-21(12)17-9-14(18)7-8-15(17)19/h2-9,12,16,20H,10-11H2,1H3. The summed E-state index contributed by atoms with van der Waals surface area (Å²) in [7, 11) is 0. The van der Waals surface area contributed by atoms with Gasteiger partial charge in [-0.2, -0.15) is 0 Å². The van der Waals surface area contributed by atoms with Gasteiger partial charge >= 0.3 is 0 Å². The molecule has 2 unspecified atom stereocenters. The van der Waals surface area contributed by atoms with Crippen molar-refractivity contribution in [1.29, 1.82) is 0 Å². The van der Waals surface area contributed by atoms with E-state index in [0.29, 0.717) is 12.2 Å². The third kappa shape index (κ3) is 2.90. The molecule has 2 atom stereocenters. The number of piperazine rings is 1. The van der Waals surface area contributed by atoms with Crippen LogP contribution in [0, 0.1) is 11.6 Å². The van der Waals surface area contributed by atoms with E-state index >= 15 is 0 Å². The van der Waals surface area contributed by atoms with Crippen molar-refractivity contribution in [2.24, 2.45) is 0 Å². The van der Waals surface area contributed by atoms with Gasteiger partial charge in [0, 0.05) is 31.2 Å². The van der Waals surface area contributed by atoms with Gasteiger partial charge < -0.3 is 10.2 Å². The van der Waals surface area contributed by atoms with Gasteiger partial charge in [0.15, 0.2) is 0 Å². The zero-order chi connectivity index (χ0) is 14.8. The Kier molecular flexibility index (Phi) is 3.88. The van der Waals surface area contributed by atoms with Crippen molar-refractivity contribution >= 4 is 5.69 Å². The molecule has 110 valence electrons. The molecule has 0 aliphatic carbocycles. The Labute approximate surface area is 123 Å². The van der Waals surface area contributed by atoms with Gasteiger partial charge in [0.1, 0.15) is 11.6 Å². The van der Waals surface area contributed by atoms with Gasteiger partial charge in [-0.1, -0.05) is 30.3 Å². The van der Waals surface area contributed by atoms with Crippen LogP contribution in [0.4, 0.5) is 14.5 Å². The predicted molar refractivity (Wildman–Crippen MR) is 80.4 cm³/mol. The van der Waals surface area contributed by atoms with Gasteiger partial charge in [-0.15, -0.1) is 0 Å². The number of hydrogen-bond acceptors (Lipinski definition) is 2. The van der Waals surface area contributed by atoms with Crippen LogP contribution in [0.3, 0.4) is 0 Å². The van der Waals surface area contributed by atoms with E-state index in [-0.39, 0.29) is 17.9 Å². The highest BCUT2D eigenvalue weighted by Crippen LogP contribution is 2.28. The highest BCUT2D eigenvalue weighted by molar-refractivity contribution is 5.50. The first-order valence-corrected chi connectivity index (χ1v) is 7.15. The summed E-state index contributed by atoms with van der Waals surface area (Å²) in [6.45, 7) is 3.36. The Morgan fingerprint density at radius 3 is 2.62 bits per heavy atom. The van der Waals surface area contributed by atoms with Gasteiger partial charge in [0.05, 0.1) is 5.69 Å². The fourth-order valence-corrected chi connectivity index (χ4v) is 2.81. The third-order valence-electron chi connectivity index (χ3n) is 3.99. The molecular weight excluding hydrogens is 270 g/mol. The number of nitrogens with zero attached hydrogens (tertiary/aromatic N) is 1. The van der Waals surface area contributed by atoms with Crippen LogP contribution in [0.5, 0.6) is 0 Å². The Balaban J connectivity index is 1.89. The van der Waals surface area contributed by atoms with E-state index in [4.69, 9.17) is 0 Å². The fraction of sp³-hybridized carbons (Fsp3) is 0.294. The summed E-state index contributed by atoms with van der Waals surface area (Å²) in [5.74, 6) is -0.787. The monoisotopic (exact) mass is 288 g/mol. The minimum Gasteiger partial charge on any atom is -0.363 e. The number of anilines is 1. The molecule has 21 heavy (non-hydrogen) atoms. The quantitative estimate of drug-likeness (QED) is 0.910. The lowest BCUT2D eigenvalue weighted by molar-refractivity contribution is 0.409. The maximum Gasteiger partial charge on any atom is 0.146 e. The molecule has 0 amide bonds. The summed E-state index contributed by atoms with van der Waals surface area (Å²) in [5, 5.41) is 3.46. The molecular formula is C17H18F2N2. The molecule has 1 N–H and O–H groups in total. The van der Waals surface area contributed by atoms with Crippen LogP contribution in [0.2, 0.25) is 0 Å². The van der Waals surface area contributed by atoms with E-state index in [1.165, 1.54) is 12.1 Å². The van der Waals surface area contributed by atoms with Crippen molar-refractivity contribution < 1.29 is 8.78 Å². The summed E-state index contributed by atoms with van der Waals surface area (Å²) in [5.41, 5.74) is 1.50. The van der Waals surface area contributed by atoms with Crippen LogP contribution in [-0.4, -0.2) is 19.1 Å². The lowest BCUT2D eigenvalue weighted by atomic mass is 10.0. The van der Waals surface area contributed by atoms with Crippen molar-refractivity contribution in [3.63, 3.8) is 0 Å². The van der Waals surface area contributed by atoms with E-state index in [9.17, 15) is 8.78 Å². The van der Waals surface area contributed by atoms with Crippen molar-refractivity contribution in [3.8, 4) is 0 Å². The van der Waals surface area contributed by atoms with Crippen LogP contribution < -0.4 is 10.2 Å². The van der Waals surface area contributed by atoms with Crippen LogP contribution in [0.15, 0.2) is 48.5 Å². The van der Waals surface area contributed by atoms with Gasteiger partial charge in [0.25, 0.3) is 0 Å². The second kappa shape index (κ2) is 5.82. The van der Waals surface area contributed by atoms with Crippen LogP contribution in [0.25, 0.3) is 0 Å². The summed E-state index contributed by atoms with van der Waals surface area (Å²) in [6.07, 6.45) is 0. The number of rotatable bonds is 2. The Hall–Kier alpha value is -1.94. The Morgan fingerprint density at radius 2 is 1.86 bits per heavy atom. The summed E-state index contributed by atoms with van der Waals surface area (Å²) >= 11 is 0. The highest BCUT2D eigenvalue weighted by atomic mass is 19.1. The molecule has 0 spiro atoms. The number of hydrogen-bond donors (Lipinski definition) is 1. The molecule has 1 fully saturated rings. The summed E-state index contributed by atoms with van der Waals surface area (Å²) in [4.78, 5) is 1.94. The first-order valence-electron chi connectivity index (χ1n) is 7.15. The average Bonchev–Trinajstić information content (AvgIpc) is 2.51. The lowest BCUT2D eigenvalue weighted by Crippen LogP contribution is -2.51. The van der Waals surface area contributed by atoms with E-state index in [1.54, 1.807) is 0 Å². The molecule has 3 rings (SSSR count). The van der Waals surface area contributed by atoms with Gasteiger partial charge in [-0.05, 0) is 24.6 Å². The van der Waals surface area contributed by atoms with E-state index in [1.807, 2.05) is 42.2 Å². The number of halogens is 2. The maximum atomic E-state index is 14.0. The molecule has 0 aromatic heterocycles. The Morgan fingerprint density at radius 1 is 1.10 bits per heavy atom. The van der Waals surface area contributed by atoms with Crippen molar-refractivity contribution in [3.05, 3.63) is 65.7 Å². The minimum absolute atomic E-state index is 0.112. The molecule has 2 nitrogen and oxygen atoms in total. The molecule has 2 aromatic carbocycles. The van der Waals surface area contributed by atoms with Crippen LogP contribution >= 0.6 is 0 Å². The molecule has 1 heterocycles. The zero-order valence-corrected chi connectivity index (χ0v) is 11.9. The normalized spacial score (nSPS) is 22.3. The SMILES string of the molecule is CC1CNC(c2ccccc2)CN1c1cc(F)ccc1F. The number of nitrogens with one attached hydrogen (secondary N) is 1. The first-order chi connectivity index (χ1) is 10.1. The number of benzene rings is 2. The average molecular weight is 288 g/mol. The highest BCUT2D eigenvalue weighted by Gasteiger charge is 2.27. The molecule has 1 aliphatic rings. The first kappa shape index (κ1) is 14.0. The third-order valence-corrected chi connectivity index (χ3v) is 3.99. The summed E-state index contributed by atoms with van der Waals surface area (Å²) < 4.78 is 27.5. The molecule has 2 aromatic rings. The van der Waals surface area contributed by atoms with Gasteiger partial charge in [-0.3, -0.25) is 0 Å². The largest absolute Gasteiger partial charge is 0.363 e. The van der Waals surface area contributed by atoms with Crippen LogP contribution in [-0.2, 0) is 0 Å². The Bertz CT molecular complexity index is 615. The van der Waals surface area contributed by atoms with Gasteiger partial charge in [-0.25, -0.2) is 8.78 Å². The maximum absolute atomic E-state index is 14.0. The zero-order valence-electron chi connectivity index (χ0n) is 11.9. The molecule has 1 saturated heterocycles. The fourth-order valence-electron chi connectivity index (χ4n) is 2.81. The van der Waals surface area contributed by atoms with Crippen molar-refractivity contribution in [1.82, 2.24) is 5.32 Å². The molecule has 0 radical (unpaired) electrons.